The molecule has 202 valence electrons. The molecule has 1 aromatic rings. The predicted octanol–water partition coefficient (Wildman–Crippen LogP) is 1.68. The number of piperidine rings is 1. The molecule has 36 heavy (non-hydrogen) atoms. The van der Waals surface area contributed by atoms with E-state index in [1.165, 1.54) is 0 Å². The van der Waals surface area contributed by atoms with Gasteiger partial charge in [0, 0.05) is 38.3 Å². The standard InChI is InChI=1S/C23H35N3O4.2CH2O2/c1-25(20-7-11-29-12-8-20)15-19-3-4-22(28-2)23(13-19)30-17-21(27)16-26-9-5-18(14-24)6-10-26;2*2-1-3/h3-4,13,18,20-21,27H,5-12,15-17H2,1-2H3;2*1H,(H,2,3). The first-order chi connectivity index (χ1) is 17.4. The maximum atomic E-state index is 10.4. The number of carbonyl (C=O) groups is 2. The number of hydrogen-bond acceptors (Lipinski definition) is 9. The van der Waals surface area contributed by atoms with Crippen molar-refractivity contribution in [2.45, 2.75) is 44.4 Å². The molecule has 2 aliphatic rings. The summed E-state index contributed by atoms with van der Waals surface area (Å²) in [6.45, 7) is 4.48. The van der Waals surface area contributed by atoms with Crippen molar-refractivity contribution in [2.75, 3.05) is 53.6 Å². The number of aliphatic hydroxyl groups is 1. The van der Waals surface area contributed by atoms with E-state index in [2.05, 4.69) is 29.0 Å². The molecular formula is C25H39N3O8. The number of carboxylic acid groups (broad SMARTS) is 2. The third-order valence-corrected chi connectivity index (χ3v) is 6.14. The van der Waals surface area contributed by atoms with E-state index in [-0.39, 0.29) is 25.5 Å². The zero-order chi connectivity index (χ0) is 26.8. The Morgan fingerprint density at radius 3 is 2.33 bits per heavy atom. The van der Waals surface area contributed by atoms with Crippen LogP contribution in [0.25, 0.3) is 0 Å². The fourth-order valence-corrected chi connectivity index (χ4v) is 4.26. The number of β-amino-alcohol motifs (C(OH)–C–C–N with tert-alkyl or cyclic N) is 1. The molecule has 11 nitrogen and oxygen atoms in total. The Bertz CT molecular complexity index is 784. The summed E-state index contributed by atoms with van der Waals surface area (Å²) in [5, 5.41) is 33.2. The van der Waals surface area contributed by atoms with Gasteiger partial charge in [0.2, 0.25) is 0 Å². The van der Waals surface area contributed by atoms with Gasteiger partial charge in [-0.3, -0.25) is 14.5 Å². The highest BCUT2D eigenvalue weighted by molar-refractivity contribution is 5.43. The maximum absolute atomic E-state index is 10.4. The van der Waals surface area contributed by atoms with Gasteiger partial charge in [0.15, 0.2) is 11.5 Å². The zero-order valence-electron chi connectivity index (χ0n) is 21.1. The van der Waals surface area contributed by atoms with Gasteiger partial charge in [0.05, 0.1) is 13.2 Å². The second kappa shape index (κ2) is 18.4. The Kier molecular flexibility index (Phi) is 15.9. The molecule has 0 spiro atoms. The van der Waals surface area contributed by atoms with Crippen LogP contribution in [-0.4, -0.2) is 104 Å². The molecule has 2 saturated heterocycles. The Labute approximate surface area is 212 Å². The minimum Gasteiger partial charge on any atom is -0.493 e. The van der Waals surface area contributed by atoms with E-state index in [0.29, 0.717) is 24.1 Å². The summed E-state index contributed by atoms with van der Waals surface area (Å²) < 4.78 is 16.9. The van der Waals surface area contributed by atoms with Gasteiger partial charge in [-0.2, -0.15) is 5.26 Å². The number of rotatable bonds is 9. The molecule has 0 radical (unpaired) electrons. The lowest BCUT2D eigenvalue weighted by atomic mass is 9.98. The quantitative estimate of drug-likeness (QED) is 0.417. The number of likely N-dealkylation sites (tertiary alicyclic amines) is 1. The van der Waals surface area contributed by atoms with Crippen molar-refractivity contribution < 1.29 is 39.1 Å². The summed E-state index contributed by atoms with van der Waals surface area (Å²) in [5.41, 5.74) is 1.16. The molecule has 0 bridgehead atoms. The third kappa shape index (κ3) is 11.7. The molecule has 0 saturated carbocycles. The minimum atomic E-state index is -0.582. The van der Waals surface area contributed by atoms with Crippen molar-refractivity contribution in [3.63, 3.8) is 0 Å². The van der Waals surface area contributed by atoms with Crippen LogP contribution < -0.4 is 9.47 Å². The SMILES string of the molecule is COc1ccc(CN(C)C2CCOCC2)cc1OCC(O)CN1CCC(C#N)CC1.O=CO.O=CO. The fraction of sp³-hybridized carbons (Fsp3) is 0.640. The van der Waals surface area contributed by atoms with Crippen LogP contribution in [0, 0.1) is 17.2 Å². The zero-order valence-corrected chi connectivity index (χ0v) is 21.1. The molecule has 0 amide bonds. The number of nitrogens with zero attached hydrogens (tertiary/aromatic N) is 3. The highest BCUT2D eigenvalue weighted by Crippen LogP contribution is 2.29. The average molecular weight is 510 g/mol. The second-order valence-electron chi connectivity index (χ2n) is 8.62. The van der Waals surface area contributed by atoms with Crippen LogP contribution >= 0.6 is 0 Å². The number of benzene rings is 1. The van der Waals surface area contributed by atoms with E-state index in [1.54, 1.807) is 7.11 Å². The molecule has 1 atom stereocenters. The molecule has 2 fully saturated rings. The molecule has 3 rings (SSSR count). The number of methoxy groups -OCH3 is 1. The van der Waals surface area contributed by atoms with Gasteiger partial charge in [-0.25, -0.2) is 0 Å². The van der Waals surface area contributed by atoms with E-state index in [0.717, 1.165) is 64.1 Å². The van der Waals surface area contributed by atoms with Crippen molar-refractivity contribution in [3.8, 4) is 17.6 Å². The normalized spacial score (nSPS) is 17.4. The maximum Gasteiger partial charge on any atom is 0.290 e. The predicted molar refractivity (Wildman–Crippen MR) is 132 cm³/mol. The van der Waals surface area contributed by atoms with E-state index < -0.39 is 6.10 Å². The molecule has 2 heterocycles. The lowest BCUT2D eigenvalue weighted by Crippen LogP contribution is -2.40. The van der Waals surface area contributed by atoms with Crippen LogP contribution in [0.15, 0.2) is 18.2 Å². The summed E-state index contributed by atoms with van der Waals surface area (Å²) in [6, 6.07) is 8.89. The summed E-state index contributed by atoms with van der Waals surface area (Å²) in [4.78, 5) is 21.3. The molecule has 1 aromatic carbocycles. The number of aliphatic hydroxyl groups excluding tert-OH is 1. The van der Waals surface area contributed by atoms with E-state index in [1.807, 2.05) is 12.1 Å². The summed E-state index contributed by atoms with van der Waals surface area (Å²) in [6.07, 6.45) is 3.30. The van der Waals surface area contributed by atoms with Gasteiger partial charge >= 0.3 is 0 Å². The minimum absolute atomic E-state index is 0.154. The van der Waals surface area contributed by atoms with Crippen LogP contribution in [0.5, 0.6) is 11.5 Å². The second-order valence-corrected chi connectivity index (χ2v) is 8.62. The fourth-order valence-electron chi connectivity index (χ4n) is 4.26. The van der Waals surface area contributed by atoms with Gasteiger partial charge in [-0.05, 0) is 63.5 Å². The first kappa shape index (κ1) is 31.1. The van der Waals surface area contributed by atoms with E-state index >= 15 is 0 Å². The van der Waals surface area contributed by atoms with Gasteiger partial charge in [-0.15, -0.1) is 0 Å². The largest absolute Gasteiger partial charge is 0.493 e. The Hall–Kier alpha value is -2.91. The smallest absolute Gasteiger partial charge is 0.290 e. The third-order valence-electron chi connectivity index (χ3n) is 6.14. The first-order valence-corrected chi connectivity index (χ1v) is 12.0. The molecule has 0 aromatic heterocycles. The molecular weight excluding hydrogens is 470 g/mol. The molecule has 0 aliphatic carbocycles. The highest BCUT2D eigenvalue weighted by Gasteiger charge is 2.22. The lowest BCUT2D eigenvalue weighted by molar-refractivity contribution is -0.123. The van der Waals surface area contributed by atoms with Gasteiger partial charge in [-0.1, -0.05) is 6.07 Å². The van der Waals surface area contributed by atoms with Gasteiger partial charge in [0.25, 0.3) is 12.9 Å². The molecule has 1 unspecified atom stereocenters. The van der Waals surface area contributed by atoms with Crippen LogP contribution in [0.2, 0.25) is 0 Å². The van der Waals surface area contributed by atoms with Crippen LogP contribution in [0.3, 0.4) is 0 Å². The summed E-state index contributed by atoms with van der Waals surface area (Å²) >= 11 is 0. The molecule has 3 N–H and O–H groups in total. The van der Waals surface area contributed by atoms with Crippen molar-refractivity contribution >= 4 is 12.9 Å². The van der Waals surface area contributed by atoms with Crippen molar-refractivity contribution in [2.24, 2.45) is 5.92 Å². The van der Waals surface area contributed by atoms with Crippen LogP contribution in [-0.2, 0) is 20.9 Å². The molecule has 11 heteroatoms. The Balaban J connectivity index is 0.000000982. The monoisotopic (exact) mass is 509 g/mol. The van der Waals surface area contributed by atoms with Crippen molar-refractivity contribution in [1.82, 2.24) is 9.80 Å². The number of nitriles is 1. The van der Waals surface area contributed by atoms with Gasteiger partial charge < -0.3 is 34.4 Å². The Morgan fingerprint density at radius 1 is 1.17 bits per heavy atom. The van der Waals surface area contributed by atoms with Crippen molar-refractivity contribution in [3.05, 3.63) is 23.8 Å². The topological polar surface area (TPSA) is 153 Å². The van der Waals surface area contributed by atoms with E-state index in [4.69, 9.17) is 39.3 Å². The number of ether oxygens (including phenoxy) is 3. The highest BCUT2D eigenvalue weighted by atomic mass is 16.5. The van der Waals surface area contributed by atoms with E-state index in [9.17, 15) is 5.11 Å². The van der Waals surface area contributed by atoms with Crippen LogP contribution in [0.1, 0.15) is 31.2 Å². The summed E-state index contributed by atoms with van der Waals surface area (Å²) in [7, 11) is 3.78. The van der Waals surface area contributed by atoms with Crippen LogP contribution in [0.4, 0.5) is 0 Å². The summed E-state index contributed by atoms with van der Waals surface area (Å²) in [5.74, 6) is 1.49. The molecule has 2 aliphatic heterocycles. The first-order valence-electron chi connectivity index (χ1n) is 12.0. The Morgan fingerprint density at radius 2 is 1.78 bits per heavy atom. The lowest BCUT2D eigenvalue weighted by Gasteiger charge is -2.31. The van der Waals surface area contributed by atoms with Gasteiger partial charge in [0.1, 0.15) is 12.7 Å². The van der Waals surface area contributed by atoms with Crippen molar-refractivity contribution in [1.29, 1.82) is 5.26 Å². The number of hydrogen-bond donors (Lipinski definition) is 3. The average Bonchev–Trinajstić information content (AvgIpc) is 2.89.